The van der Waals surface area contributed by atoms with E-state index < -0.39 is 6.10 Å². The van der Waals surface area contributed by atoms with E-state index in [1.165, 1.54) is 0 Å². The zero-order chi connectivity index (χ0) is 19.6. The number of phenols is 1. The molecule has 27 heavy (non-hydrogen) atoms. The number of hydrogen-bond donors (Lipinski definition) is 2. The van der Waals surface area contributed by atoms with Gasteiger partial charge in [-0.15, -0.1) is 0 Å². The first-order valence-electron chi connectivity index (χ1n) is 9.37. The van der Waals surface area contributed by atoms with Gasteiger partial charge in [0.25, 0.3) is 0 Å². The predicted molar refractivity (Wildman–Crippen MR) is 108 cm³/mol. The SMILES string of the molecule is CCN(CC)CC(O)CCC(=O)c1ccc(C#Cc2ccccc2O)cc1. The number of rotatable bonds is 8. The standard InChI is InChI=1S/C23H27NO3/c1-3-24(4-2)17-21(25)15-16-23(27)20-13-10-18(11-14-20)9-12-19-7-5-6-8-22(19)26/h5-8,10-11,13-14,21,25-26H,3-4,15-17H2,1-2H3. The third-order valence-electron chi connectivity index (χ3n) is 4.52. The molecule has 2 aromatic carbocycles. The normalized spacial score (nSPS) is 11.7. The minimum Gasteiger partial charge on any atom is -0.507 e. The molecule has 0 aromatic heterocycles. The number of benzene rings is 2. The van der Waals surface area contributed by atoms with E-state index >= 15 is 0 Å². The summed E-state index contributed by atoms with van der Waals surface area (Å²) in [7, 11) is 0. The molecule has 0 saturated carbocycles. The summed E-state index contributed by atoms with van der Waals surface area (Å²) in [4.78, 5) is 14.5. The van der Waals surface area contributed by atoms with Gasteiger partial charge in [0.15, 0.2) is 5.78 Å². The molecule has 0 amide bonds. The summed E-state index contributed by atoms with van der Waals surface area (Å²) in [6, 6.07) is 14.0. The van der Waals surface area contributed by atoms with E-state index in [-0.39, 0.29) is 11.5 Å². The molecule has 0 heterocycles. The third kappa shape index (κ3) is 6.56. The maximum absolute atomic E-state index is 12.3. The summed E-state index contributed by atoms with van der Waals surface area (Å²) < 4.78 is 0. The highest BCUT2D eigenvalue weighted by Crippen LogP contribution is 2.14. The van der Waals surface area contributed by atoms with Crippen molar-refractivity contribution in [1.29, 1.82) is 0 Å². The lowest BCUT2D eigenvalue weighted by Gasteiger charge is -2.21. The summed E-state index contributed by atoms with van der Waals surface area (Å²) in [6.07, 6.45) is 0.299. The van der Waals surface area contributed by atoms with E-state index in [0.29, 0.717) is 30.5 Å². The summed E-state index contributed by atoms with van der Waals surface area (Å²) in [6.45, 7) is 6.51. The lowest BCUT2D eigenvalue weighted by molar-refractivity contribution is 0.0877. The molecule has 0 aliphatic rings. The molecule has 1 atom stereocenters. The maximum atomic E-state index is 12.3. The number of aromatic hydroxyl groups is 1. The Hall–Kier alpha value is -2.61. The molecule has 0 fully saturated rings. The van der Waals surface area contributed by atoms with Crippen LogP contribution in [0.1, 0.15) is 48.2 Å². The second kappa shape index (κ2) is 10.5. The molecule has 0 saturated heterocycles. The lowest BCUT2D eigenvalue weighted by Crippen LogP contribution is -2.32. The number of carbonyl (C=O) groups excluding carboxylic acids is 1. The van der Waals surface area contributed by atoms with Crippen molar-refractivity contribution in [2.45, 2.75) is 32.8 Å². The Labute approximate surface area is 161 Å². The second-order valence-electron chi connectivity index (χ2n) is 6.45. The van der Waals surface area contributed by atoms with Gasteiger partial charge in [-0.1, -0.05) is 50.0 Å². The molecule has 2 rings (SSSR count). The fraction of sp³-hybridized carbons (Fsp3) is 0.348. The Morgan fingerprint density at radius 1 is 1.04 bits per heavy atom. The van der Waals surface area contributed by atoms with Gasteiger partial charge in [-0.2, -0.15) is 0 Å². The molecule has 0 bridgehead atoms. The van der Waals surface area contributed by atoms with Crippen molar-refractivity contribution in [3.05, 3.63) is 65.2 Å². The van der Waals surface area contributed by atoms with Crippen LogP contribution in [0.5, 0.6) is 5.75 Å². The van der Waals surface area contributed by atoms with Crippen LogP contribution in [-0.2, 0) is 0 Å². The van der Waals surface area contributed by atoms with Gasteiger partial charge in [-0.3, -0.25) is 4.79 Å². The predicted octanol–water partition coefficient (Wildman–Crippen LogP) is 3.46. The van der Waals surface area contributed by atoms with Gasteiger partial charge in [-0.05, 0) is 43.8 Å². The number of Topliss-reactive ketones (excluding diaryl/α,β-unsaturated/α-hetero) is 1. The van der Waals surface area contributed by atoms with Crippen LogP contribution in [0.2, 0.25) is 0 Å². The van der Waals surface area contributed by atoms with E-state index in [4.69, 9.17) is 0 Å². The van der Waals surface area contributed by atoms with E-state index in [0.717, 1.165) is 18.7 Å². The minimum atomic E-state index is -0.488. The van der Waals surface area contributed by atoms with Gasteiger partial charge < -0.3 is 15.1 Å². The van der Waals surface area contributed by atoms with Crippen LogP contribution >= 0.6 is 0 Å². The highest BCUT2D eigenvalue weighted by Gasteiger charge is 2.12. The van der Waals surface area contributed by atoms with Crippen LogP contribution in [0.15, 0.2) is 48.5 Å². The smallest absolute Gasteiger partial charge is 0.162 e. The lowest BCUT2D eigenvalue weighted by atomic mass is 10.0. The quantitative estimate of drug-likeness (QED) is 0.556. The largest absolute Gasteiger partial charge is 0.507 e. The van der Waals surface area contributed by atoms with Crippen molar-refractivity contribution in [2.75, 3.05) is 19.6 Å². The molecule has 0 aliphatic heterocycles. The van der Waals surface area contributed by atoms with Gasteiger partial charge in [0.1, 0.15) is 5.75 Å². The van der Waals surface area contributed by atoms with E-state index in [9.17, 15) is 15.0 Å². The Morgan fingerprint density at radius 2 is 1.70 bits per heavy atom. The maximum Gasteiger partial charge on any atom is 0.162 e. The Kier molecular flexibility index (Phi) is 8.06. The monoisotopic (exact) mass is 365 g/mol. The van der Waals surface area contributed by atoms with E-state index in [2.05, 4.69) is 30.6 Å². The molecule has 0 radical (unpaired) electrons. The third-order valence-corrected chi connectivity index (χ3v) is 4.52. The summed E-state index contributed by atoms with van der Waals surface area (Å²) in [5.41, 5.74) is 1.97. The molecule has 0 spiro atoms. The molecule has 1 unspecified atom stereocenters. The number of aliphatic hydroxyl groups excluding tert-OH is 1. The fourth-order valence-electron chi connectivity index (χ4n) is 2.77. The number of para-hydroxylation sites is 1. The van der Waals surface area contributed by atoms with Crippen LogP contribution in [0, 0.1) is 11.8 Å². The highest BCUT2D eigenvalue weighted by molar-refractivity contribution is 5.96. The fourth-order valence-corrected chi connectivity index (χ4v) is 2.77. The second-order valence-corrected chi connectivity index (χ2v) is 6.45. The molecular weight excluding hydrogens is 338 g/mol. The van der Waals surface area contributed by atoms with Gasteiger partial charge in [0.2, 0.25) is 0 Å². The van der Waals surface area contributed by atoms with Crippen molar-refractivity contribution < 1.29 is 15.0 Å². The van der Waals surface area contributed by atoms with E-state index in [1.54, 1.807) is 42.5 Å². The number of carbonyl (C=O) groups is 1. The number of phenolic OH excluding ortho intramolecular Hbond substituents is 1. The highest BCUT2D eigenvalue weighted by atomic mass is 16.3. The molecular formula is C23H27NO3. The van der Waals surface area contributed by atoms with Gasteiger partial charge in [0, 0.05) is 24.1 Å². The first-order chi connectivity index (χ1) is 13.0. The summed E-state index contributed by atoms with van der Waals surface area (Å²) in [5.74, 6) is 6.09. The Morgan fingerprint density at radius 3 is 2.33 bits per heavy atom. The summed E-state index contributed by atoms with van der Waals surface area (Å²) >= 11 is 0. The van der Waals surface area contributed by atoms with Crippen molar-refractivity contribution in [2.24, 2.45) is 0 Å². The Bertz CT molecular complexity index is 798. The average molecular weight is 365 g/mol. The first-order valence-corrected chi connectivity index (χ1v) is 9.37. The van der Waals surface area contributed by atoms with Crippen molar-refractivity contribution in [1.82, 2.24) is 4.90 Å². The van der Waals surface area contributed by atoms with Crippen molar-refractivity contribution >= 4 is 5.78 Å². The van der Waals surface area contributed by atoms with Gasteiger partial charge in [-0.25, -0.2) is 0 Å². The minimum absolute atomic E-state index is 0.0220. The number of ketones is 1. The zero-order valence-corrected chi connectivity index (χ0v) is 16.0. The molecule has 2 aromatic rings. The number of nitrogens with zero attached hydrogens (tertiary/aromatic N) is 1. The number of hydrogen-bond acceptors (Lipinski definition) is 4. The molecule has 142 valence electrons. The summed E-state index contributed by atoms with van der Waals surface area (Å²) in [5, 5.41) is 19.8. The molecule has 0 aliphatic carbocycles. The van der Waals surface area contributed by atoms with Crippen LogP contribution in [-0.4, -0.2) is 46.6 Å². The van der Waals surface area contributed by atoms with E-state index in [1.807, 2.05) is 6.07 Å². The average Bonchev–Trinajstić information content (AvgIpc) is 2.70. The molecule has 4 heteroatoms. The van der Waals surface area contributed by atoms with Gasteiger partial charge >= 0.3 is 0 Å². The molecule has 2 N–H and O–H groups in total. The van der Waals surface area contributed by atoms with Crippen molar-refractivity contribution in [3.63, 3.8) is 0 Å². The van der Waals surface area contributed by atoms with Crippen LogP contribution in [0.25, 0.3) is 0 Å². The topological polar surface area (TPSA) is 60.8 Å². The Balaban J connectivity index is 1.91. The van der Waals surface area contributed by atoms with Crippen LogP contribution in [0.3, 0.4) is 0 Å². The van der Waals surface area contributed by atoms with Crippen molar-refractivity contribution in [3.8, 4) is 17.6 Å². The first kappa shape index (κ1) is 20.7. The molecule has 4 nitrogen and oxygen atoms in total. The van der Waals surface area contributed by atoms with Gasteiger partial charge in [0.05, 0.1) is 11.7 Å². The zero-order valence-electron chi connectivity index (χ0n) is 16.0. The number of likely N-dealkylation sites (N-methyl/N-ethyl adjacent to an activating group) is 1. The van der Waals surface area contributed by atoms with Crippen LogP contribution in [0.4, 0.5) is 0 Å². The number of aliphatic hydroxyl groups is 1. The van der Waals surface area contributed by atoms with Crippen LogP contribution < -0.4 is 0 Å².